The van der Waals surface area contributed by atoms with Gasteiger partial charge in [0.25, 0.3) is 0 Å². The van der Waals surface area contributed by atoms with Gasteiger partial charge in [-0.2, -0.15) is 0 Å². The number of nitrogens with zero attached hydrogens (tertiary/aromatic N) is 2. The Balaban J connectivity index is 1.78. The molecule has 0 radical (unpaired) electrons. The van der Waals surface area contributed by atoms with Crippen molar-refractivity contribution in [3.63, 3.8) is 0 Å². The number of benzene rings is 2. The van der Waals surface area contributed by atoms with E-state index in [1.54, 1.807) is 30.7 Å². The molecule has 0 bridgehead atoms. The molecule has 0 saturated heterocycles. The molecule has 5 nitrogen and oxygen atoms in total. The summed E-state index contributed by atoms with van der Waals surface area (Å²) >= 11 is 3.39. The monoisotopic (exact) mass is 419 g/mol. The smallest absolute Gasteiger partial charge is 0.241 e. The number of hydrogen-bond donors (Lipinski definition) is 1. The van der Waals surface area contributed by atoms with Gasteiger partial charge in [-0.25, -0.2) is 18.1 Å². The van der Waals surface area contributed by atoms with Gasteiger partial charge in [0.1, 0.15) is 0 Å². The second-order valence-electron chi connectivity index (χ2n) is 5.82. The highest BCUT2D eigenvalue weighted by molar-refractivity contribution is 9.10. The number of aromatic nitrogens is 2. The number of sulfonamides is 1. The summed E-state index contributed by atoms with van der Waals surface area (Å²) in [5.74, 6) is 0. The van der Waals surface area contributed by atoms with Crippen LogP contribution in [0.4, 0.5) is 0 Å². The summed E-state index contributed by atoms with van der Waals surface area (Å²) in [7, 11) is -3.59. The summed E-state index contributed by atoms with van der Waals surface area (Å²) < 4.78 is 30.7. The van der Waals surface area contributed by atoms with Crippen molar-refractivity contribution in [2.24, 2.45) is 0 Å². The molecule has 0 fully saturated rings. The zero-order valence-corrected chi connectivity index (χ0v) is 16.3. The lowest BCUT2D eigenvalue weighted by Gasteiger charge is -2.16. The Labute approximate surface area is 155 Å². The Morgan fingerprint density at radius 2 is 1.88 bits per heavy atom. The molecule has 130 valence electrons. The van der Waals surface area contributed by atoms with Crippen LogP contribution in [0.2, 0.25) is 0 Å². The van der Waals surface area contributed by atoms with E-state index in [-0.39, 0.29) is 10.9 Å². The molecule has 1 heterocycles. The molecule has 1 unspecified atom stereocenters. The summed E-state index contributed by atoms with van der Waals surface area (Å²) in [4.78, 5) is 4.28. The Bertz CT molecular complexity index is 968. The Hall–Kier alpha value is -1.96. The minimum atomic E-state index is -3.59. The van der Waals surface area contributed by atoms with Crippen molar-refractivity contribution in [3.8, 4) is 5.69 Å². The molecule has 2 aromatic carbocycles. The highest BCUT2D eigenvalue weighted by Gasteiger charge is 2.19. The Morgan fingerprint density at radius 1 is 1.16 bits per heavy atom. The lowest BCUT2D eigenvalue weighted by Crippen LogP contribution is -2.27. The fraction of sp³-hybridized carbons (Fsp3) is 0.167. The van der Waals surface area contributed by atoms with Crippen LogP contribution < -0.4 is 4.72 Å². The largest absolute Gasteiger partial charge is 0.306 e. The minimum Gasteiger partial charge on any atom is -0.306 e. The quantitative estimate of drug-likeness (QED) is 0.679. The van der Waals surface area contributed by atoms with Crippen LogP contribution in [0.25, 0.3) is 5.69 Å². The van der Waals surface area contributed by atoms with Gasteiger partial charge in [0.15, 0.2) is 0 Å². The van der Waals surface area contributed by atoms with Crippen LogP contribution in [0.3, 0.4) is 0 Å². The summed E-state index contributed by atoms with van der Waals surface area (Å²) in [5.41, 5.74) is 2.74. The SMILES string of the molecule is Cc1cc(S(=O)(=O)NC(C)c2ccc(-n3ccnc3)cc2)ccc1Br. The Morgan fingerprint density at radius 3 is 2.48 bits per heavy atom. The van der Waals surface area contributed by atoms with Crippen molar-refractivity contribution < 1.29 is 8.42 Å². The minimum absolute atomic E-state index is 0.259. The fourth-order valence-electron chi connectivity index (χ4n) is 2.50. The van der Waals surface area contributed by atoms with Crippen molar-refractivity contribution >= 4 is 26.0 Å². The zero-order valence-electron chi connectivity index (χ0n) is 13.8. The fourth-order valence-corrected chi connectivity index (χ4v) is 4.06. The van der Waals surface area contributed by atoms with E-state index in [1.165, 1.54) is 0 Å². The molecule has 0 amide bonds. The molecule has 7 heteroatoms. The highest BCUT2D eigenvalue weighted by Crippen LogP contribution is 2.22. The number of halogens is 1. The van der Waals surface area contributed by atoms with E-state index in [2.05, 4.69) is 25.6 Å². The topological polar surface area (TPSA) is 64.0 Å². The molecule has 0 spiro atoms. The van der Waals surface area contributed by atoms with Crippen molar-refractivity contribution in [1.29, 1.82) is 0 Å². The molecule has 0 aliphatic heterocycles. The number of hydrogen-bond acceptors (Lipinski definition) is 3. The van der Waals surface area contributed by atoms with Crippen molar-refractivity contribution in [2.45, 2.75) is 24.8 Å². The molecule has 0 aliphatic carbocycles. The van der Waals surface area contributed by atoms with E-state index in [4.69, 9.17) is 0 Å². The van der Waals surface area contributed by atoms with E-state index in [1.807, 2.05) is 48.9 Å². The zero-order chi connectivity index (χ0) is 18.0. The predicted molar refractivity (Wildman–Crippen MR) is 101 cm³/mol. The molecule has 0 aliphatic rings. The molecule has 1 N–H and O–H groups in total. The molecule has 3 aromatic rings. The van der Waals surface area contributed by atoms with Gasteiger partial charge < -0.3 is 4.57 Å². The van der Waals surface area contributed by atoms with Crippen LogP contribution in [0.5, 0.6) is 0 Å². The van der Waals surface area contributed by atoms with E-state index in [0.29, 0.717) is 0 Å². The van der Waals surface area contributed by atoms with Crippen molar-refractivity contribution in [2.75, 3.05) is 0 Å². The summed E-state index contributed by atoms with van der Waals surface area (Å²) in [6.07, 6.45) is 5.29. The van der Waals surface area contributed by atoms with Gasteiger partial charge in [-0.3, -0.25) is 0 Å². The number of rotatable bonds is 5. The first-order valence-electron chi connectivity index (χ1n) is 7.73. The summed E-state index contributed by atoms with van der Waals surface area (Å²) in [6.45, 7) is 3.69. The van der Waals surface area contributed by atoms with E-state index in [0.717, 1.165) is 21.3 Å². The van der Waals surface area contributed by atoms with Gasteiger partial charge in [0, 0.05) is 28.6 Å². The average Bonchev–Trinajstić information content (AvgIpc) is 3.11. The van der Waals surface area contributed by atoms with Crippen LogP contribution in [-0.2, 0) is 10.0 Å². The number of imidazole rings is 1. The van der Waals surface area contributed by atoms with Gasteiger partial charge in [-0.1, -0.05) is 28.1 Å². The van der Waals surface area contributed by atoms with E-state index < -0.39 is 10.0 Å². The lowest BCUT2D eigenvalue weighted by molar-refractivity contribution is 0.567. The average molecular weight is 420 g/mol. The molecule has 25 heavy (non-hydrogen) atoms. The standard InChI is InChI=1S/C18H18BrN3O2S/c1-13-11-17(7-8-18(13)19)25(23,24)21-14(2)15-3-5-16(6-4-15)22-10-9-20-12-22/h3-12,14,21H,1-2H3. The first-order valence-corrected chi connectivity index (χ1v) is 10.0. The van der Waals surface area contributed by atoms with Crippen LogP contribution in [0.15, 0.2) is 70.6 Å². The number of aryl methyl sites for hydroxylation is 1. The van der Waals surface area contributed by atoms with Crippen LogP contribution in [-0.4, -0.2) is 18.0 Å². The molecular formula is C18H18BrN3O2S. The predicted octanol–water partition coefficient (Wildman–Crippen LogP) is 3.98. The normalized spacial score (nSPS) is 12.9. The molecule has 1 atom stereocenters. The third kappa shape index (κ3) is 4.00. The third-order valence-electron chi connectivity index (χ3n) is 3.97. The van der Waals surface area contributed by atoms with Crippen molar-refractivity contribution in [3.05, 3.63) is 76.8 Å². The van der Waals surface area contributed by atoms with Gasteiger partial charge in [-0.15, -0.1) is 0 Å². The van der Waals surface area contributed by atoms with E-state index in [9.17, 15) is 8.42 Å². The third-order valence-corrected chi connectivity index (χ3v) is 6.40. The maximum absolute atomic E-state index is 12.6. The molecule has 3 rings (SSSR count). The van der Waals surface area contributed by atoms with Crippen molar-refractivity contribution in [1.82, 2.24) is 14.3 Å². The number of nitrogens with one attached hydrogen (secondary N) is 1. The molecule has 1 aromatic heterocycles. The lowest BCUT2D eigenvalue weighted by atomic mass is 10.1. The van der Waals surface area contributed by atoms with E-state index >= 15 is 0 Å². The van der Waals surface area contributed by atoms with Gasteiger partial charge >= 0.3 is 0 Å². The Kier molecular flexibility index (Phi) is 5.08. The second kappa shape index (κ2) is 7.11. The maximum Gasteiger partial charge on any atom is 0.241 e. The first-order chi connectivity index (χ1) is 11.9. The van der Waals surface area contributed by atoms with Crippen LogP contribution >= 0.6 is 15.9 Å². The second-order valence-corrected chi connectivity index (χ2v) is 8.38. The van der Waals surface area contributed by atoms with Crippen LogP contribution in [0.1, 0.15) is 24.1 Å². The summed E-state index contributed by atoms with van der Waals surface area (Å²) in [6, 6.07) is 12.3. The first kappa shape index (κ1) is 17.8. The summed E-state index contributed by atoms with van der Waals surface area (Å²) in [5, 5.41) is 0. The highest BCUT2D eigenvalue weighted by atomic mass is 79.9. The van der Waals surface area contributed by atoms with Gasteiger partial charge in [0.05, 0.1) is 11.2 Å². The van der Waals surface area contributed by atoms with Crippen LogP contribution in [0, 0.1) is 6.92 Å². The maximum atomic E-state index is 12.6. The molecular weight excluding hydrogens is 402 g/mol. The van der Waals surface area contributed by atoms with Gasteiger partial charge in [0.2, 0.25) is 10.0 Å². The van der Waals surface area contributed by atoms with Gasteiger partial charge in [-0.05, 0) is 55.3 Å². The molecule has 0 saturated carbocycles.